The van der Waals surface area contributed by atoms with Crippen LogP contribution in [0.5, 0.6) is 0 Å². The topological polar surface area (TPSA) is 61.4 Å². The van der Waals surface area contributed by atoms with E-state index >= 15 is 0 Å². The van der Waals surface area contributed by atoms with Gasteiger partial charge in [-0.3, -0.25) is 4.79 Å². The fraction of sp³-hybridized carbons (Fsp3) is 0.500. The lowest BCUT2D eigenvalue weighted by atomic mass is 10.1. The number of amides is 1. The Kier molecular flexibility index (Phi) is 5.65. The van der Waals surface area contributed by atoms with Gasteiger partial charge in [-0.2, -0.15) is 0 Å². The van der Waals surface area contributed by atoms with E-state index in [1.54, 1.807) is 6.07 Å². The molecule has 0 radical (unpaired) electrons. The Bertz CT molecular complexity index is 405. The lowest BCUT2D eigenvalue weighted by Crippen LogP contribution is -2.31. The van der Waals surface area contributed by atoms with Gasteiger partial charge in [-0.05, 0) is 44.0 Å². The lowest BCUT2D eigenvalue weighted by Gasteiger charge is -2.13. The molecule has 0 saturated carbocycles. The molecule has 0 aromatic heterocycles. The molecule has 1 amide bonds. The Balaban J connectivity index is 2.74. The normalized spacial score (nSPS) is 12.0. The van der Waals surface area contributed by atoms with Crippen LogP contribution in [0.25, 0.3) is 0 Å². The number of aliphatic hydroxyl groups excluding tert-OH is 1. The largest absolute Gasteiger partial charge is 0.395 e. The SMILES string of the molecule is CC[C@H](C)NC(=O)c1ccc(NCCO)c(C)c1. The number of hydrogen-bond acceptors (Lipinski definition) is 3. The molecule has 1 atom stereocenters. The van der Waals surface area contributed by atoms with Gasteiger partial charge in [0, 0.05) is 23.8 Å². The minimum Gasteiger partial charge on any atom is -0.395 e. The Labute approximate surface area is 108 Å². The lowest BCUT2D eigenvalue weighted by molar-refractivity contribution is 0.0939. The van der Waals surface area contributed by atoms with Crippen molar-refractivity contribution >= 4 is 11.6 Å². The highest BCUT2D eigenvalue weighted by Crippen LogP contribution is 2.16. The highest BCUT2D eigenvalue weighted by molar-refractivity contribution is 5.95. The first-order valence-electron chi connectivity index (χ1n) is 6.34. The second kappa shape index (κ2) is 7.01. The molecule has 0 fully saturated rings. The van der Waals surface area contributed by atoms with Gasteiger partial charge in [-0.25, -0.2) is 0 Å². The zero-order chi connectivity index (χ0) is 13.5. The molecule has 4 heteroatoms. The average molecular weight is 250 g/mol. The number of rotatable bonds is 6. The van der Waals surface area contributed by atoms with Gasteiger partial charge in [0.25, 0.3) is 5.91 Å². The highest BCUT2D eigenvalue weighted by Gasteiger charge is 2.09. The molecule has 0 saturated heterocycles. The van der Waals surface area contributed by atoms with Crippen LogP contribution < -0.4 is 10.6 Å². The van der Waals surface area contributed by atoms with Crippen LogP contribution in [0.3, 0.4) is 0 Å². The molecule has 3 N–H and O–H groups in total. The standard InChI is InChI=1S/C14H22N2O2/c1-4-11(3)16-14(18)12-5-6-13(10(2)9-12)15-7-8-17/h5-6,9,11,15,17H,4,7-8H2,1-3H3,(H,16,18)/t11-/m0/s1. The van der Waals surface area contributed by atoms with Crippen molar-refractivity contribution in [3.63, 3.8) is 0 Å². The van der Waals surface area contributed by atoms with E-state index in [-0.39, 0.29) is 18.6 Å². The second-order valence-electron chi connectivity index (χ2n) is 4.46. The fourth-order valence-corrected chi connectivity index (χ4v) is 1.60. The van der Waals surface area contributed by atoms with E-state index in [0.29, 0.717) is 12.1 Å². The molecule has 18 heavy (non-hydrogen) atoms. The van der Waals surface area contributed by atoms with E-state index in [4.69, 9.17) is 5.11 Å². The van der Waals surface area contributed by atoms with E-state index in [1.165, 1.54) is 0 Å². The number of benzene rings is 1. The first-order chi connectivity index (χ1) is 8.58. The molecule has 0 aliphatic heterocycles. The molecule has 0 heterocycles. The molecular formula is C14H22N2O2. The van der Waals surface area contributed by atoms with Crippen molar-refractivity contribution in [2.45, 2.75) is 33.2 Å². The fourth-order valence-electron chi connectivity index (χ4n) is 1.60. The van der Waals surface area contributed by atoms with Gasteiger partial charge in [0.2, 0.25) is 0 Å². The third-order valence-corrected chi connectivity index (χ3v) is 2.91. The number of anilines is 1. The van der Waals surface area contributed by atoms with Crippen LogP contribution >= 0.6 is 0 Å². The summed E-state index contributed by atoms with van der Waals surface area (Å²) in [5.41, 5.74) is 2.62. The van der Waals surface area contributed by atoms with Crippen LogP contribution in [0.4, 0.5) is 5.69 Å². The zero-order valence-electron chi connectivity index (χ0n) is 11.3. The van der Waals surface area contributed by atoms with Crippen LogP contribution in [0.1, 0.15) is 36.2 Å². The van der Waals surface area contributed by atoms with E-state index in [1.807, 2.05) is 32.9 Å². The van der Waals surface area contributed by atoms with Gasteiger partial charge >= 0.3 is 0 Å². The summed E-state index contributed by atoms with van der Waals surface area (Å²) >= 11 is 0. The van der Waals surface area contributed by atoms with E-state index in [2.05, 4.69) is 10.6 Å². The van der Waals surface area contributed by atoms with Crippen molar-refractivity contribution in [2.24, 2.45) is 0 Å². The Morgan fingerprint density at radius 3 is 2.72 bits per heavy atom. The Morgan fingerprint density at radius 1 is 1.44 bits per heavy atom. The minimum atomic E-state index is -0.0406. The number of carbonyl (C=O) groups is 1. The second-order valence-corrected chi connectivity index (χ2v) is 4.46. The van der Waals surface area contributed by atoms with Crippen LogP contribution in [0, 0.1) is 6.92 Å². The summed E-state index contributed by atoms with van der Waals surface area (Å²) in [6.07, 6.45) is 0.918. The summed E-state index contributed by atoms with van der Waals surface area (Å²) in [4.78, 5) is 11.9. The third-order valence-electron chi connectivity index (χ3n) is 2.91. The average Bonchev–Trinajstić information content (AvgIpc) is 2.37. The Morgan fingerprint density at radius 2 is 2.17 bits per heavy atom. The summed E-state index contributed by atoms with van der Waals surface area (Å²) in [7, 11) is 0. The molecule has 0 aliphatic rings. The van der Waals surface area contributed by atoms with Crippen molar-refractivity contribution in [3.05, 3.63) is 29.3 Å². The minimum absolute atomic E-state index is 0.0406. The number of aliphatic hydroxyl groups is 1. The van der Waals surface area contributed by atoms with E-state index in [9.17, 15) is 4.79 Å². The summed E-state index contributed by atoms with van der Waals surface area (Å²) in [6, 6.07) is 5.71. The van der Waals surface area contributed by atoms with E-state index < -0.39 is 0 Å². The molecule has 1 rings (SSSR count). The maximum Gasteiger partial charge on any atom is 0.251 e. The number of hydrogen-bond donors (Lipinski definition) is 3. The number of carbonyl (C=O) groups excluding carboxylic acids is 1. The molecule has 0 spiro atoms. The summed E-state index contributed by atoms with van der Waals surface area (Å²) in [6.45, 7) is 6.58. The molecular weight excluding hydrogens is 228 g/mol. The van der Waals surface area contributed by atoms with Crippen LogP contribution in [0.2, 0.25) is 0 Å². The van der Waals surface area contributed by atoms with Gasteiger partial charge in [-0.15, -0.1) is 0 Å². The van der Waals surface area contributed by atoms with Gasteiger partial charge in [-0.1, -0.05) is 6.92 Å². The van der Waals surface area contributed by atoms with Gasteiger partial charge in [0.1, 0.15) is 0 Å². The maximum absolute atomic E-state index is 11.9. The summed E-state index contributed by atoms with van der Waals surface area (Å²) in [5, 5.41) is 14.8. The molecule has 100 valence electrons. The third kappa shape index (κ3) is 4.04. The van der Waals surface area contributed by atoms with Crippen molar-refractivity contribution in [2.75, 3.05) is 18.5 Å². The quantitative estimate of drug-likeness (QED) is 0.723. The van der Waals surface area contributed by atoms with Crippen LogP contribution in [-0.4, -0.2) is 30.2 Å². The van der Waals surface area contributed by atoms with E-state index in [0.717, 1.165) is 17.7 Å². The predicted molar refractivity (Wildman–Crippen MR) is 74.0 cm³/mol. The molecule has 4 nitrogen and oxygen atoms in total. The van der Waals surface area contributed by atoms with Gasteiger partial charge in [0.05, 0.1) is 6.61 Å². The molecule has 0 bridgehead atoms. The van der Waals surface area contributed by atoms with Crippen LogP contribution in [-0.2, 0) is 0 Å². The van der Waals surface area contributed by atoms with Crippen molar-refractivity contribution in [1.82, 2.24) is 5.32 Å². The molecule has 0 aliphatic carbocycles. The first kappa shape index (κ1) is 14.5. The maximum atomic E-state index is 11.9. The number of aryl methyl sites for hydroxylation is 1. The Hall–Kier alpha value is -1.55. The predicted octanol–water partition coefficient (Wildman–Crippen LogP) is 1.93. The monoisotopic (exact) mass is 250 g/mol. The summed E-state index contributed by atoms with van der Waals surface area (Å²) < 4.78 is 0. The highest BCUT2D eigenvalue weighted by atomic mass is 16.3. The number of nitrogens with one attached hydrogen (secondary N) is 2. The molecule has 1 aromatic carbocycles. The first-order valence-corrected chi connectivity index (χ1v) is 6.34. The molecule has 1 aromatic rings. The molecule has 0 unspecified atom stereocenters. The smallest absolute Gasteiger partial charge is 0.251 e. The van der Waals surface area contributed by atoms with Crippen molar-refractivity contribution < 1.29 is 9.90 Å². The van der Waals surface area contributed by atoms with Gasteiger partial charge < -0.3 is 15.7 Å². The van der Waals surface area contributed by atoms with Crippen molar-refractivity contribution in [3.8, 4) is 0 Å². The summed E-state index contributed by atoms with van der Waals surface area (Å²) in [5.74, 6) is -0.0406. The van der Waals surface area contributed by atoms with Gasteiger partial charge in [0.15, 0.2) is 0 Å². The zero-order valence-corrected chi connectivity index (χ0v) is 11.3. The van der Waals surface area contributed by atoms with Crippen LogP contribution in [0.15, 0.2) is 18.2 Å². The van der Waals surface area contributed by atoms with Crippen molar-refractivity contribution in [1.29, 1.82) is 0 Å².